The number of hydrogen-bond donors (Lipinski definition) is 0. The second-order valence-corrected chi connectivity index (χ2v) is 12.1. The van der Waals surface area contributed by atoms with Crippen LogP contribution in [-0.4, -0.2) is 52.1 Å². The van der Waals surface area contributed by atoms with Crippen LogP contribution in [0.3, 0.4) is 0 Å². The normalized spacial score (nSPS) is 17.7. The molecule has 164 valence electrons. The van der Waals surface area contributed by atoms with Crippen LogP contribution in [0, 0.1) is 13.8 Å². The first-order valence-corrected chi connectivity index (χ1v) is 13.8. The Bertz CT molecular complexity index is 1150. The molecule has 1 amide bonds. The van der Waals surface area contributed by atoms with Crippen molar-refractivity contribution < 1.29 is 13.2 Å². The molecular weight excluding hydrogens is 450 g/mol. The molecule has 1 atom stereocenters. The molecule has 9 heteroatoms. The fourth-order valence-electron chi connectivity index (χ4n) is 3.90. The Hall–Kier alpha value is -2.10. The van der Waals surface area contributed by atoms with Gasteiger partial charge in [0.15, 0.2) is 15.0 Å². The lowest BCUT2D eigenvalue weighted by Gasteiger charge is -2.27. The highest BCUT2D eigenvalue weighted by molar-refractivity contribution is 7.99. The molecule has 1 unspecified atom stereocenters. The number of carbonyl (C=O) groups excluding carboxylic acids is 1. The van der Waals surface area contributed by atoms with Gasteiger partial charge in [0.25, 0.3) is 0 Å². The number of rotatable bonds is 7. The molecule has 1 aromatic carbocycles. The van der Waals surface area contributed by atoms with Crippen LogP contribution in [0.1, 0.15) is 22.4 Å². The summed E-state index contributed by atoms with van der Waals surface area (Å²) >= 11 is 2.96. The summed E-state index contributed by atoms with van der Waals surface area (Å²) in [6.07, 6.45) is 4.13. The molecule has 0 N–H and O–H groups in total. The van der Waals surface area contributed by atoms with Crippen LogP contribution >= 0.6 is 23.1 Å². The number of imidazole rings is 1. The molecule has 1 aliphatic heterocycles. The third-order valence-electron chi connectivity index (χ3n) is 5.29. The number of sulfone groups is 1. The minimum Gasteiger partial charge on any atom is -0.333 e. The minimum atomic E-state index is -3.08. The van der Waals surface area contributed by atoms with Crippen molar-refractivity contribution in [2.45, 2.75) is 38.0 Å². The lowest BCUT2D eigenvalue weighted by molar-refractivity contribution is -0.130. The predicted molar refractivity (Wildman–Crippen MR) is 126 cm³/mol. The number of nitrogens with zero attached hydrogens (tertiary/aromatic N) is 3. The van der Waals surface area contributed by atoms with Crippen LogP contribution in [-0.2, 0) is 21.2 Å². The van der Waals surface area contributed by atoms with E-state index >= 15 is 0 Å². The van der Waals surface area contributed by atoms with Gasteiger partial charge in [-0.05, 0) is 55.0 Å². The first kappa shape index (κ1) is 22.1. The molecule has 0 radical (unpaired) electrons. The van der Waals surface area contributed by atoms with Crippen LogP contribution in [0.4, 0.5) is 0 Å². The van der Waals surface area contributed by atoms with Crippen LogP contribution < -0.4 is 0 Å². The molecule has 1 fully saturated rings. The van der Waals surface area contributed by atoms with Crippen molar-refractivity contribution in [2.75, 3.05) is 17.3 Å². The number of benzene rings is 1. The zero-order valence-electron chi connectivity index (χ0n) is 17.5. The summed E-state index contributed by atoms with van der Waals surface area (Å²) in [5, 5.41) is 2.71. The Kier molecular flexibility index (Phi) is 6.55. The van der Waals surface area contributed by atoms with Gasteiger partial charge in [0.05, 0.1) is 23.8 Å². The van der Waals surface area contributed by atoms with Crippen molar-refractivity contribution in [1.82, 2.24) is 14.5 Å². The quantitative estimate of drug-likeness (QED) is 0.485. The van der Waals surface area contributed by atoms with Crippen molar-refractivity contribution in [1.29, 1.82) is 0 Å². The molecule has 0 saturated carbocycles. The standard InChI is InChI=1S/C22H25N3O3S3/c1-16-10-17(2)12-19(11-16)24-7-6-23-22(24)30-14-21(26)25(13-20-4-3-8-29-20)18-5-9-31(27,28)15-18/h3-4,6-8,10-12,18H,5,9,13-15H2,1-2H3. The van der Waals surface area contributed by atoms with Crippen molar-refractivity contribution in [3.8, 4) is 5.69 Å². The van der Waals surface area contributed by atoms with Gasteiger partial charge in [0.2, 0.25) is 5.91 Å². The highest BCUT2D eigenvalue weighted by atomic mass is 32.2. The Morgan fingerprint density at radius 3 is 2.71 bits per heavy atom. The first-order chi connectivity index (χ1) is 14.8. The SMILES string of the molecule is Cc1cc(C)cc(-n2ccnc2SCC(=O)N(Cc2cccs2)C2CCS(=O)(=O)C2)c1. The van der Waals surface area contributed by atoms with E-state index in [9.17, 15) is 13.2 Å². The van der Waals surface area contributed by atoms with Gasteiger partial charge in [-0.15, -0.1) is 11.3 Å². The number of thioether (sulfide) groups is 1. The highest BCUT2D eigenvalue weighted by Crippen LogP contribution is 2.26. The molecule has 4 rings (SSSR count). The summed E-state index contributed by atoms with van der Waals surface area (Å²) < 4.78 is 26.0. The highest BCUT2D eigenvalue weighted by Gasteiger charge is 2.34. The number of hydrogen-bond acceptors (Lipinski definition) is 6. The van der Waals surface area contributed by atoms with E-state index in [2.05, 4.69) is 37.0 Å². The second kappa shape index (κ2) is 9.18. The van der Waals surface area contributed by atoms with Crippen molar-refractivity contribution >= 4 is 38.8 Å². The number of thiophene rings is 1. The summed E-state index contributed by atoms with van der Waals surface area (Å²) in [7, 11) is -3.08. The maximum absolute atomic E-state index is 13.2. The van der Waals surface area contributed by atoms with Gasteiger partial charge in [0, 0.05) is 29.0 Å². The fourth-order valence-corrected chi connectivity index (χ4v) is 7.20. The summed E-state index contributed by atoms with van der Waals surface area (Å²) in [6.45, 7) is 4.56. The van der Waals surface area contributed by atoms with E-state index in [1.165, 1.54) is 22.9 Å². The molecule has 2 aromatic heterocycles. The zero-order chi connectivity index (χ0) is 22.0. The number of amides is 1. The van der Waals surface area contributed by atoms with Crippen LogP contribution in [0.2, 0.25) is 0 Å². The average Bonchev–Trinajstić information content (AvgIpc) is 3.44. The molecule has 0 bridgehead atoms. The molecule has 3 aromatic rings. The Balaban J connectivity index is 1.50. The van der Waals surface area contributed by atoms with Crippen LogP contribution in [0.15, 0.2) is 53.3 Å². The monoisotopic (exact) mass is 475 g/mol. The topological polar surface area (TPSA) is 72.3 Å². The van der Waals surface area contributed by atoms with E-state index in [0.717, 1.165) is 15.7 Å². The Labute approximate surface area is 191 Å². The molecule has 3 heterocycles. The third kappa shape index (κ3) is 5.39. The van der Waals surface area contributed by atoms with Gasteiger partial charge in [-0.1, -0.05) is 23.9 Å². The van der Waals surface area contributed by atoms with E-state index in [-0.39, 0.29) is 29.2 Å². The molecular formula is C22H25N3O3S3. The summed E-state index contributed by atoms with van der Waals surface area (Å²) in [5.74, 6) is 0.349. The largest absolute Gasteiger partial charge is 0.333 e. The summed E-state index contributed by atoms with van der Waals surface area (Å²) in [6, 6.07) is 9.96. The molecule has 0 aliphatic carbocycles. The maximum atomic E-state index is 13.2. The van der Waals surface area contributed by atoms with Gasteiger partial charge in [-0.25, -0.2) is 13.4 Å². The van der Waals surface area contributed by atoms with Gasteiger partial charge >= 0.3 is 0 Å². The Morgan fingerprint density at radius 1 is 1.29 bits per heavy atom. The molecule has 0 spiro atoms. The first-order valence-electron chi connectivity index (χ1n) is 10.1. The van der Waals surface area contributed by atoms with Crippen LogP contribution in [0.25, 0.3) is 5.69 Å². The lowest BCUT2D eigenvalue weighted by Crippen LogP contribution is -2.41. The zero-order valence-corrected chi connectivity index (χ0v) is 20.0. The number of aromatic nitrogens is 2. The van der Waals surface area contributed by atoms with E-state index in [4.69, 9.17) is 0 Å². The van der Waals surface area contributed by atoms with Gasteiger partial charge in [0.1, 0.15) is 0 Å². The van der Waals surface area contributed by atoms with E-state index < -0.39 is 9.84 Å². The van der Waals surface area contributed by atoms with E-state index in [1.54, 1.807) is 22.4 Å². The van der Waals surface area contributed by atoms with E-state index in [1.807, 2.05) is 28.3 Å². The van der Waals surface area contributed by atoms with Crippen molar-refractivity contribution in [3.63, 3.8) is 0 Å². The fraction of sp³-hybridized carbons (Fsp3) is 0.364. The van der Waals surface area contributed by atoms with Gasteiger partial charge in [-0.3, -0.25) is 9.36 Å². The van der Waals surface area contributed by atoms with Gasteiger partial charge in [-0.2, -0.15) is 0 Å². The second-order valence-electron chi connectivity index (χ2n) is 7.87. The Morgan fingerprint density at radius 2 is 2.06 bits per heavy atom. The number of aryl methyl sites for hydroxylation is 2. The van der Waals surface area contributed by atoms with E-state index in [0.29, 0.717) is 13.0 Å². The maximum Gasteiger partial charge on any atom is 0.233 e. The summed E-state index contributed by atoms with van der Waals surface area (Å²) in [5.41, 5.74) is 3.35. The lowest BCUT2D eigenvalue weighted by atomic mass is 10.1. The van der Waals surface area contributed by atoms with Crippen LogP contribution in [0.5, 0.6) is 0 Å². The predicted octanol–water partition coefficient (Wildman–Crippen LogP) is 3.86. The molecule has 31 heavy (non-hydrogen) atoms. The minimum absolute atomic E-state index is 0.0476. The smallest absolute Gasteiger partial charge is 0.233 e. The van der Waals surface area contributed by atoms with Gasteiger partial charge < -0.3 is 4.90 Å². The number of carbonyl (C=O) groups is 1. The average molecular weight is 476 g/mol. The molecule has 1 aliphatic rings. The third-order valence-corrected chi connectivity index (χ3v) is 8.86. The van der Waals surface area contributed by atoms with Crippen molar-refractivity contribution in [3.05, 3.63) is 64.1 Å². The molecule has 6 nitrogen and oxygen atoms in total. The molecule has 1 saturated heterocycles. The summed E-state index contributed by atoms with van der Waals surface area (Å²) in [4.78, 5) is 20.4. The van der Waals surface area contributed by atoms with Crippen molar-refractivity contribution in [2.24, 2.45) is 0 Å².